The van der Waals surface area contributed by atoms with Crippen molar-refractivity contribution in [2.75, 3.05) is 24.5 Å². The third-order valence-electron chi connectivity index (χ3n) is 8.24. The van der Waals surface area contributed by atoms with Gasteiger partial charge >= 0.3 is 6.03 Å². The van der Waals surface area contributed by atoms with Crippen molar-refractivity contribution in [2.24, 2.45) is 0 Å². The lowest BCUT2D eigenvalue weighted by Gasteiger charge is -2.36. The van der Waals surface area contributed by atoms with Crippen LogP contribution in [0.4, 0.5) is 16.2 Å². The van der Waals surface area contributed by atoms with E-state index in [-0.39, 0.29) is 18.0 Å². The number of aromatic nitrogens is 1. The third kappa shape index (κ3) is 5.28. The maximum absolute atomic E-state index is 13.7. The van der Waals surface area contributed by atoms with Gasteiger partial charge in [-0.2, -0.15) is 0 Å². The number of hydrogen-bond donors (Lipinski definition) is 2. The fourth-order valence-electron chi connectivity index (χ4n) is 6.13. The molecule has 3 atom stereocenters. The van der Waals surface area contributed by atoms with Gasteiger partial charge in [0.05, 0.1) is 17.4 Å². The summed E-state index contributed by atoms with van der Waals surface area (Å²) >= 11 is 1.44. The smallest absolute Gasteiger partial charge is 0.327 e. The molecule has 0 aliphatic carbocycles. The van der Waals surface area contributed by atoms with Gasteiger partial charge in [0.2, 0.25) is 5.91 Å². The zero-order chi connectivity index (χ0) is 28.7. The summed E-state index contributed by atoms with van der Waals surface area (Å²) in [6.07, 6.45) is 3.77. The van der Waals surface area contributed by atoms with Crippen LogP contribution in [0.3, 0.4) is 0 Å². The number of aryl methyl sites for hydroxylation is 1. The number of piperidine rings is 1. The number of amides is 3. The van der Waals surface area contributed by atoms with E-state index in [1.807, 2.05) is 49.4 Å². The van der Waals surface area contributed by atoms with Crippen molar-refractivity contribution in [3.8, 4) is 11.5 Å². The molecule has 1 fully saturated rings. The van der Waals surface area contributed by atoms with Crippen molar-refractivity contribution >= 4 is 35.1 Å². The summed E-state index contributed by atoms with van der Waals surface area (Å²) in [6.45, 7) is 11.3. The van der Waals surface area contributed by atoms with Crippen LogP contribution < -0.4 is 20.3 Å². The molecule has 0 bridgehead atoms. The molecule has 2 unspecified atom stereocenters. The standard InChI is InChI=1S/C32H37N5O3S/c1-5-36-16-8-9-21(18-36)34-30(38)29-28-27-25(14-15-33-31(27)41-29)37(32(39)35-28)24-13-12-22(17-20(24)4)40-26-11-7-6-10-23(26)19(2)3/h6-7,10-15,17,19,21,28-29H,5,8-9,16,18H2,1-4H3,(H,34,38)(H,35,39)/t21?,28?,29-/m1/s1. The summed E-state index contributed by atoms with van der Waals surface area (Å²) < 4.78 is 6.27. The van der Waals surface area contributed by atoms with E-state index in [0.29, 0.717) is 11.7 Å². The van der Waals surface area contributed by atoms with E-state index in [4.69, 9.17) is 4.74 Å². The minimum Gasteiger partial charge on any atom is -0.457 e. The average Bonchev–Trinajstić information content (AvgIpc) is 3.33. The van der Waals surface area contributed by atoms with Crippen LogP contribution in [0.5, 0.6) is 11.5 Å². The number of carbonyl (C=O) groups is 2. The van der Waals surface area contributed by atoms with Crippen LogP contribution in [0.2, 0.25) is 0 Å². The van der Waals surface area contributed by atoms with Gasteiger partial charge in [-0.1, -0.05) is 50.7 Å². The number of nitrogens with zero attached hydrogens (tertiary/aromatic N) is 3. The zero-order valence-corrected chi connectivity index (χ0v) is 24.8. The lowest BCUT2D eigenvalue weighted by molar-refractivity contribution is -0.122. The van der Waals surface area contributed by atoms with Crippen molar-refractivity contribution in [1.29, 1.82) is 0 Å². The van der Waals surface area contributed by atoms with Gasteiger partial charge in [0.1, 0.15) is 21.8 Å². The molecular weight excluding hydrogens is 534 g/mol. The number of pyridine rings is 1. The van der Waals surface area contributed by atoms with Gasteiger partial charge in [-0.25, -0.2) is 9.78 Å². The molecule has 1 aromatic heterocycles. The Morgan fingerprint density at radius 2 is 2.02 bits per heavy atom. The average molecular weight is 572 g/mol. The first-order chi connectivity index (χ1) is 19.8. The molecule has 0 radical (unpaired) electrons. The second-order valence-corrected chi connectivity index (χ2v) is 12.5. The number of urea groups is 1. The Hall–Kier alpha value is -3.56. The van der Waals surface area contributed by atoms with E-state index in [0.717, 1.165) is 71.3 Å². The van der Waals surface area contributed by atoms with Crippen LogP contribution in [0.1, 0.15) is 62.3 Å². The third-order valence-corrected chi connectivity index (χ3v) is 9.53. The largest absolute Gasteiger partial charge is 0.457 e. The van der Waals surface area contributed by atoms with Gasteiger partial charge in [0, 0.05) is 24.3 Å². The zero-order valence-electron chi connectivity index (χ0n) is 24.0. The summed E-state index contributed by atoms with van der Waals surface area (Å²) in [5.41, 5.74) is 4.48. The topological polar surface area (TPSA) is 86.8 Å². The molecular formula is C32H37N5O3S. The number of nitrogens with one attached hydrogen (secondary N) is 2. The number of benzene rings is 2. The van der Waals surface area contributed by atoms with Crippen LogP contribution >= 0.6 is 11.8 Å². The predicted octanol–water partition coefficient (Wildman–Crippen LogP) is 6.28. The lowest BCUT2D eigenvalue weighted by Crippen LogP contribution is -2.53. The highest BCUT2D eigenvalue weighted by atomic mass is 32.2. The van der Waals surface area contributed by atoms with Crippen LogP contribution in [-0.2, 0) is 4.79 Å². The van der Waals surface area contributed by atoms with Crippen LogP contribution in [0.15, 0.2) is 59.8 Å². The van der Waals surface area contributed by atoms with E-state index in [1.165, 1.54) is 11.8 Å². The Balaban J connectivity index is 1.24. The van der Waals surface area contributed by atoms with Crippen molar-refractivity contribution in [1.82, 2.24) is 20.5 Å². The number of hydrogen-bond acceptors (Lipinski definition) is 6. The first-order valence-electron chi connectivity index (χ1n) is 14.5. The number of likely N-dealkylation sites (N-methyl/N-ethyl adjacent to an activating group) is 1. The molecule has 1 saturated heterocycles. The Kier molecular flexibility index (Phi) is 7.66. The van der Waals surface area contributed by atoms with Gasteiger partial charge in [-0.05, 0) is 80.2 Å². The molecule has 3 aromatic rings. The Morgan fingerprint density at radius 1 is 1.20 bits per heavy atom. The predicted molar refractivity (Wildman–Crippen MR) is 162 cm³/mol. The van der Waals surface area contributed by atoms with Crippen LogP contribution in [0, 0.1) is 6.92 Å². The highest BCUT2D eigenvalue weighted by molar-refractivity contribution is 8.01. The number of carbonyl (C=O) groups excluding carboxylic acids is 2. The maximum Gasteiger partial charge on any atom is 0.327 e. The van der Waals surface area contributed by atoms with E-state index < -0.39 is 11.3 Å². The first kappa shape index (κ1) is 27.6. The highest BCUT2D eigenvalue weighted by Crippen LogP contribution is 2.51. The van der Waals surface area contributed by atoms with Gasteiger partial charge in [0.25, 0.3) is 0 Å². The molecule has 0 saturated carbocycles. The second kappa shape index (κ2) is 11.4. The van der Waals surface area contributed by atoms with Crippen LogP contribution in [-0.4, -0.2) is 52.7 Å². The number of thioether (sulfide) groups is 1. The molecule has 8 nitrogen and oxygen atoms in total. The molecule has 3 aliphatic heterocycles. The quantitative estimate of drug-likeness (QED) is 0.347. The Bertz CT molecular complexity index is 1480. The van der Waals surface area contributed by atoms with Crippen molar-refractivity contribution in [3.63, 3.8) is 0 Å². The fourth-order valence-corrected chi connectivity index (χ4v) is 7.36. The SMILES string of the molecule is CCN1CCCC(NC(=O)[C@@H]2Sc3nccc4c3C2NC(=O)N4c2ccc(Oc3ccccc3C(C)C)cc2C)C1. The molecule has 3 amide bonds. The second-order valence-electron chi connectivity index (χ2n) is 11.3. The van der Waals surface area contributed by atoms with Gasteiger partial charge in [-0.15, -0.1) is 0 Å². The van der Waals surface area contributed by atoms with Crippen molar-refractivity contribution in [3.05, 3.63) is 71.4 Å². The Labute approximate surface area is 245 Å². The summed E-state index contributed by atoms with van der Waals surface area (Å²) in [7, 11) is 0. The fraction of sp³-hybridized carbons (Fsp3) is 0.406. The minimum atomic E-state index is -0.459. The molecule has 2 aromatic carbocycles. The highest BCUT2D eigenvalue weighted by Gasteiger charge is 2.47. The Morgan fingerprint density at radius 3 is 2.80 bits per heavy atom. The summed E-state index contributed by atoms with van der Waals surface area (Å²) in [5.74, 6) is 1.84. The van der Waals surface area contributed by atoms with E-state index in [9.17, 15) is 9.59 Å². The molecule has 4 heterocycles. The van der Waals surface area contributed by atoms with Gasteiger partial charge in [0.15, 0.2) is 0 Å². The molecule has 9 heteroatoms. The number of rotatable bonds is 7. The molecule has 41 heavy (non-hydrogen) atoms. The number of anilines is 2. The number of para-hydroxylation sites is 1. The van der Waals surface area contributed by atoms with Crippen LogP contribution in [0.25, 0.3) is 0 Å². The molecule has 6 rings (SSSR count). The van der Waals surface area contributed by atoms with E-state index in [2.05, 4.69) is 47.4 Å². The summed E-state index contributed by atoms with van der Waals surface area (Å²) in [5, 5.41) is 6.73. The summed E-state index contributed by atoms with van der Waals surface area (Å²) in [6, 6.07) is 15.2. The van der Waals surface area contributed by atoms with Crippen molar-refractivity contribution < 1.29 is 14.3 Å². The first-order valence-corrected chi connectivity index (χ1v) is 15.4. The summed E-state index contributed by atoms with van der Waals surface area (Å²) in [4.78, 5) is 35.8. The van der Waals surface area contributed by atoms with Crippen molar-refractivity contribution in [2.45, 2.75) is 68.8 Å². The van der Waals surface area contributed by atoms with E-state index in [1.54, 1.807) is 11.1 Å². The van der Waals surface area contributed by atoms with Gasteiger partial charge in [-0.3, -0.25) is 9.69 Å². The molecule has 214 valence electrons. The number of ether oxygens (including phenoxy) is 1. The lowest BCUT2D eigenvalue weighted by atomic mass is 9.98. The normalized spacial score (nSPS) is 21.9. The molecule has 2 N–H and O–H groups in total. The monoisotopic (exact) mass is 571 g/mol. The van der Waals surface area contributed by atoms with Gasteiger partial charge < -0.3 is 20.3 Å². The maximum atomic E-state index is 13.7. The van der Waals surface area contributed by atoms with E-state index >= 15 is 0 Å². The molecule has 0 spiro atoms. The number of likely N-dealkylation sites (tertiary alicyclic amines) is 1. The minimum absolute atomic E-state index is 0.0417. The molecule has 3 aliphatic rings.